The number of aromatic nitrogens is 2. The fourth-order valence-corrected chi connectivity index (χ4v) is 2.28. The molecule has 0 saturated heterocycles. The van der Waals surface area contributed by atoms with Crippen molar-refractivity contribution in [2.45, 2.75) is 6.42 Å². The zero-order valence-corrected chi connectivity index (χ0v) is 12.7. The number of nitrogens with zero attached hydrogens (tertiary/aromatic N) is 1. The molecule has 3 aromatic rings. The van der Waals surface area contributed by atoms with Gasteiger partial charge in [0.2, 0.25) is 5.91 Å². The first-order valence-corrected chi connectivity index (χ1v) is 7.26. The molecule has 0 atom stereocenters. The quantitative estimate of drug-likeness (QED) is 0.760. The van der Waals surface area contributed by atoms with Crippen molar-refractivity contribution in [1.29, 1.82) is 0 Å². The first kappa shape index (κ1) is 14.8. The lowest BCUT2D eigenvalue weighted by Crippen LogP contribution is -2.14. The number of carbonyl (C=O) groups excluding carboxylic acids is 1. The van der Waals surface area contributed by atoms with E-state index in [0.717, 1.165) is 28.3 Å². The molecule has 0 spiro atoms. The number of rotatable bonds is 5. The van der Waals surface area contributed by atoms with Gasteiger partial charge in [-0.2, -0.15) is 0 Å². The van der Waals surface area contributed by atoms with E-state index in [0.29, 0.717) is 6.42 Å². The summed E-state index contributed by atoms with van der Waals surface area (Å²) >= 11 is 0. The summed E-state index contributed by atoms with van der Waals surface area (Å²) in [6, 6.07) is 15.1. The molecule has 23 heavy (non-hydrogen) atoms. The Balaban J connectivity index is 1.61. The van der Waals surface area contributed by atoms with E-state index in [9.17, 15) is 4.79 Å². The highest BCUT2D eigenvalue weighted by Crippen LogP contribution is 2.19. The van der Waals surface area contributed by atoms with Crippen molar-refractivity contribution in [1.82, 2.24) is 9.97 Å². The molecule has 0 fully saturated rings. The lowest BCUT2D eigenvalue weighted by Gasteiger charge is -2.07. The molecular weight excluding hydrogens is 290 g/mol. The number of imidazole rings is 1. The van der Waals surface area contributed by atoms with Crippen molar-refractivity contribution in [2.75, 3.05) is 12.4 Å². The van der Waals surface area contributed by atoms with Crippen LogP contribution in [0.25, 0.3) is 11.3 Å². The number of H-pyrrole nitrogens is 1. The van der Waals surface area contributed by atoms with Crippen molar-refractivity contribution >= 4 is 11.6 Å². The molecule has 0 unspecified atom stereocenters. The predicted octanol–water partition coefficient (Wildman–Crippen LogP) is 3.27. The van der Waals surface area contributed by atoms with Crippen LogP contribution in [0, 0.1) is 0 Å². The van der Waals surface area contributed by atoms with Gasteiger partial charge in [0.05, 0.1) is 31.7 Å². The maximum Gasteiger partial charge on any atom is 0.228 e. The Morgan fingerprint density at radius 2 is 1.87 bits per heavy atom. The molecule has 5 nitrogen and oxygen atoms in total. The molecule has 0 aliphatic heterocycles. The van der Waals surface area contributed by atoms with Crippen molar-refractivity contribution in [3.05, 3.63) is 66.6 Å². The Kier molecular flexibility index (Phi) is 4.38. The second-order valence-electron chi connectivity index (χ2n) is 5.12. The molecule has 0 bridgehead atoms. The largest absolute Gasteiger partial charge is 0.497 e. The monoisotopic (exact) mass is 307 g/mol. The van der Waals surface area contributed by atoms with E-state index in [2.05, 4.69) is 15.3 Å². The average Bonchev–Trinajstić information content (AvgIpc) is 3.11. The zero-order valence-electron chi connectivity index (χ0n) is 12.7. The molecule has 5 heteroatoms. The molecular formula is C18H17N3O2. The van der Waals surface area contributed by atoms with Gasteiger partial charge in [-0.25, -0.2) is 4.98 Å². The van der Waals surface area contributed by atoms with Crippen LogP contribution in [0.3, 0.4) is 0 Å². The molecule has 0 radical (unpaired) electrons. The first-order chi connectivity index (χ1) is 11.2. The second kappa shape index (κ2) is 6.79. The molecule has 0 saturated carbocycles. The summed E-state index contributed by atoms with van der Waals surface area (Å²) in [4.78, 5) is 19.1. The number of amides is 1. The summed E-state index contributed by atoms with van der Waals surface area (Å²) in [6.07, 6.45) is 3.73. The lowest BCUT2D eigenvalue weighted by atomic mass is 10.1. The van der Waals surface area contributed by atoms with E-state index < -0.39 is 0 Å². The summed E-state index contributed by atoms with van der Waals surface area (Å²) in [5, 5.41) is 2.90. The number of carbonyl (C=O) groups is 1. The normalized spacial score (nSPS) is 10.3. The Labute approximate surface area is 134 Å². The molecule has 116 valence electrons. The summed E-state index contributed by atoms with van der Waals surface area (Å²) < 4.78 is 5.10. The third-order valence-electron chi connectivity index (χ3n) is 3.50. The third kappa shape index (κ3) is 3.77. The minimum atomic E-state index is -0.0514. The number of anilines is 1. The van der Waals surface area contributed by atoms with E-state index in [1.807, 2.05) is 48.5 Å². The van der Waals surface area contributed by atoms with E-state index >= 15 is 0 Å². The molecule has 1 amide bonds. The molecule has 2 N–H and O–H groups in total. The van der Waals surface area contributed by atoms with Crippen LogP contribution in [0.4, 0.5) is 5.69 Å². The fraction of sp³-hybridized carbons (Fsp3) is 0.111. The number of benzene rings is 2. The van der Waals surface area contributed by atoms with E-state index in [1.54, 1.807) is 19.6 Å². The summed E-state index contributed by atoms with van der Waals surface area (Å²) in [5.41, 5.74) is 3.68. The minimum absolute atomic E-state index is 0.0514. The second-order valence-corrected chi connectivity index (χ2v) is 5.12. The smallest absolute Gasteiger partial charge is 0.228 e. The number of hydrogen-bond donors (Lipinski definition) is 2. The van der Waals surface area contributed by atoms with Crippen LogP contribution in [0.1, 0.15) is 5.56 Å². The van der Waals surface area contributed by atoms with Gasteiger partial charge in [0, 0.05) is 5.69 Å². The molecule has 3 rings (SSSR count). The molecule has 0 aliphatic carbocycles. The number of ether oxygens (including phenoxy) is 1. The van der Waals surface area contributed by atoms with Crippen LogP contribution in [-0.2, 0) is 11.2 Å². The summed E-state index contributed by atoms with van der Waals surface area (Å²) in [6.45, 7) is 0. The molecule has 2 aromatic carbocycles. The van der Waals surface area contributed by atoms with Crippen molar-refractivity contribution in [2.24, 2.45) is 0 Å². The summed E-state index contributed by atoms with van der Waals surface area (Å²) in [7, 11) is 1.62. The van der Waals surface area contributed by atoms with Gasteiger partial charge in [-0.05, 0) is 35.4 Å². The van der Waals surface area contributed by atoms with Gasteiger partial charge in [-0.3, -0.25) is 4.79 Å². The topological polar surface area (TPSA) is 67.0 Å². The lowest BCUT2D eigenvalue weighted by molar-refractivity contribution is -0.115. The SMILES string of the molecule is COc1ccc(CC(=O)Nc2ccc(-c3cnc[nH]3)cc2)cc1. The molecule has 1 heterocycles. The highest BCUT2D eigenvalue weighted by atomic mass is 16.5. The van der Waals surface area contributed by atoms with Gasteiger partial charge in [0.25, 0.3) is 0 Å². The maximum atomic E-state index is 12.1. The highest BCUT2D eigenvalue weighted by molar-refractivity contribution is 5.92. The van der Waals surface area contributed by atoms with Crippen LogP contribution in [-0.4, -0.2) is 23.0 Å². The van der Waals surface area contributed by atoms with Crippen molar-refractivity contribution in [3.8, 4) is 17.0 Å². The minimum Gasteiger partial charge on any atom is -0.497 e. The average molecular weight is 307 g/mol. The fourth-order valence-electron chi connectivity index (χ4n) is 2.28. The van der Waals surface area contributed by atoms with Gasteiger partial charge in [0.15, 0.2) is 0 Å². The number of methoxy groups -OCH3 is 1. The van der Waals surface area contributed by atoms with E-state index in [4.69, 9.17) is 4.74 Å². The maximum absolute atomic E-state index is 12.1. The Morgan fingerprint density at radius 1 is 1.13 bits per heavy atom. The highest BCUT2D eigenvalue weighted by Gasteiger charge is 2.05. The molecule has 0 aliphatic rings. The third-order valence-corrected chi connectivity index (χ3v) is 3.50. The van der Waals surface area contributed by atoms with Crippen molar-refractivity contribution in [3.63, 3.8) is 0 Å². The standard InChI is InChI=1S/C18H17N3O2/c1-23-16-8-2-13(3-9-16)10-18(22)21-15-6-4-14(5-7-15)17-11-19-12-20-17/h2-9,11-12H,10H2,1H3,(H,19,20)(H,21,22). The Bertz CT molecular complexity index is 763. The van der Waals surface area contributed by atoms with Crippen LogP contribution in [0.15, 0.2) is 61.1 Å². The first-order valence-electron chi connectivity index (χ1n) is 7.26. The van der Waals surface area contributed by atoms with E-state index in [1.165, 1.54) is 0 Å². The number of hydrogen-bond acceptors (Lipinski definition) is 3. The Hall–Kier alpha value is -3.08. The summed E-state index contributed by atoms with van der Waals surface area (Å²) in [5.74, 6) is 0.730. The van der Waals surface area contributed by atoms with Crippen LogP contribution >= 0.6 is 0 Å². The molecule has 1 aromatic heterocycles. The van der Waals surface area contributed by atoms with Gasteiger partial charge in [-0.15, -0.1) is 0 Å². The van der Waals surface area contributed by atoms with Gasteiger partial charge < -0.3 is 15.0 Å². The van der Waals surface area contributed by atoms with Crippen LogP contribution in [0.2, 0.25) is 0 Å². The van der Waals surface area contributed by atoms with Gasteiger partial charge in [0.1, 0.15) is 5.75 Å². The van der Waals surface area contributed by atoms with Gasteiger partial charge in [-0.1, -0.05) is 24.3 Å². The number of nitrogens with one attached hydrogen (secondary N) is 2. The van der Waals surface area contributed by atoms with Crippen molar-refractivity contribution < 1.29 is 9.53 Å². The van der Waals surface area contributed by atoms with Gasteiger partial charge >= 0.3 is 0 Å². The Morgan fingerprint density at radius 3 is 2.48 bits per heavy atom. The number of aromatic amines is 1. The zero-order chi connectivity index (χ0) is 16.1. The van der Waals surface area contributed by atoms with Crippen LogP contribution in [0.5, 0.6) is 5.75 Å². The predicted molar refractivity (Wildman–Crippen MR) is 89.4 cm³/mol. The van der Waals surface area contributed by atoms with Crippen LogP contribution < -0.4 is 10.1 Å². The van der Waals surface area contributed by atoms with E-state index in [-0.39, 0.29) is 5.91 Å².